The molecule has 0 radical (unpaired) electrons. The molecule has 2 unspecified atom stereocenters. The highest BCUT2D eigenvalue weighted by Crippen LogP contribution is 2.35. The van der Waals surface area contributed by atoms with Crippen LogP contribution in [0.5, 0.6) is 0 Å². The standard InChI is InChI=1S/C18H18F3N5O/c19-18(20,21)15-7-16(23-11-22-15)25-8-13-6-14(9-25)26(13)10-17(27)24-12-4-2-1-3-5-12/h1-5,7,11,13-14H,6,8-10H2,(H,24,27). The summed E-state index contributed by atoms with van der Waals surface area (Å²) < 4.78 is 38.5. The smallest absolute Gasteiger partial charge is 0.353 e. The van der Waals surface area contributed by atoms with E-state index in [9.17, 15) is 18.0 Å². The average Bonchev–Trinajstić information content (AvgIpc) is 2.66. The summed E-state index contributed by atoms with van der Waals surface area (Å²) in [6, 6.07) is 10.5. The van der Waals surface area contributed by atoms with Crippen LogP contribution in [-0.2, 0) is 11.0 Å². The molecular weight excluding hydrogens is 359 g/mol. The lowest BCUT2D eigenvalue weighted by atomic mass is 9.87. The normalized spacial score (nSPS) is 22.3. The summed E-state index contributed by atoms with van der Waals surface area (Å²) in [7, 11) is 0. The Morgan fingerprint density at radius 3 is 2.52 bits per heavy atom. The number of anilines is 2. The minimum Gasteiger partial charge on any atom is -0.353 e. The molecule has 1 N–H and O–H groups in total. The zero-order valence-corrected chi connectivity index (χ0v) is 14.4. The zero-order valence-electron chi connectivity index (χ0n) is 14.4. The molecule has 142 valence electrons. The maximum absolute atomic E-state index is 12.8. The maximum atomic E-state index is 12.8. The maximum Gasteiger partial charge on any atom is 0.433 e. The lowest BCUT2D eigenvalue weighted by Gasteiger charge is -2.56. The SMILES string of the molecule is O=C(CN1C2CC1CN(c1cc(C(F)(F)F)ncn1)C2)Nc1ccccc1. The lowest BCUT2D eigenvalue weighted by molar-refractivity contribution is -0.141. The van der Waals surface area contributed by atoms with E-state index in [0.29, 0.717) is 13.1 Å². The van der Waals surface area contributed by atoms with Crippen molar-refractivity contribution in [3.8, 4) is 0 Å². The molecule has 5 rings (SSSR count). The summed E-state index contributed by atoms with van der Waals surface area (Å²) in [6.45, 7) is 1.36. The fraction of sp³-hybridized carbons (Fsp3) is 0.389. The number of carbonyl (C=O) groups excluding carboxylic acids is 1. The fourth-order valence-electron chi connectivity index (χ4n) is 3.70. The summed E-state index contributed by atoms with van der Waals surface area (Å²) in [5.74, 6) is 0.186. The van der Waals surface area contributed by atoms with Crippen LogP contribution >= 0.6 is 0 Å². The van der Waals surface area contributed by atoms with Gasteiger partial charge in [-0.15, -0.1) is 0 Å². The molecule has 3 aliphatic rings. The van der Waals surface area contributed by atoms with E-state index in [2.05, 4.69) is 20.2 Å². The van der Waals surface area contributed by atoms with Gasteiger partial charge in [-0.25, -0.2) is 9.97 Å². The topological polar surface area (TPSA) is 61.4 Å². The molecule has 4 heterocycles. The van der Waals surface area contributed by atoms with Crippen molar-refractivity contribution in [1.82, 2.24) is 14.9 Å². The number of benzene rings is 1. The van der Waals surface area contributed by atoms with Crippen molar-refractivity contribution < 1.29 is 18.0 Å². The highest BCUT2D eigenvalue weighted by atomic mass is 19.4. The van der Waals surface area contributed by atoms with Gasteiger partial charge in [-0.05, 0) is 18.6 Å². The first-order chi connectivity index (χ1) is 12.9. The van der Waals surface area contributed by atoms with Crippen molar-refractivity contribution in [2.75, 3.05) is 29.9 Å². The minimum absolute atomic E-state index is 0.0919. The van der Waals surface area contributed by atoms with E-state index in [1.165, 1.54) is 0 Å². The molecule has 27 heavy (non-hydrogen) atoms. The molecule has 6 nitrogen and oxygen atoms in total. The highest BCUT2D eigenvalue weighted by molar-refractivity contribution is 5.92. The average molecular weight is 377 g/mol. The summed E-state index contributed by atoms with van der Waals surface area (Å²) in [6.07, 6.45) is -2.60. The van der Waals surface area contributed by atoms with Gasteiger partial charge in [0.05, 0.1) is 6.54 Å². The Bertz CT molecular complexity index is 817. The van der Waals surface area contributed by atoms with Gasteiger partial charge < -0.3 is 10.2 Å². The molecule has 0 saturated carbocycles. The van der Waals surface area contributed by atoms with E-state index in [-0.39, 0.29) is 30.4 Å². The van der Waals surface area contributed by atoms with Crippen molar-refractivity contribution >= 4 is 17.4 Å². The number of alkyl halides is 3. The molecule has 1 amide bonds. The van der Waals surface area contributed by atoms with Crippen molar-refractivity contribution in [3.63, 3.8) is 0 Å². The second kappa shape index (κ2) is 6.80. The van der Waals surface area contributed by atoms with Crippen LogP contribution in [0.15, 0.2) is 42.7 Å². The van der Waals surface area contributed by atoms with Crippen LogP contribution in [0.25, 0.3) is 0 Å². The number of rotatable bonds is 4. The number of piperazine rings is 1. The number of halogens is 3. The highest BCUT2D eigenvalue weighted by Gasteiger charge is 2.45. The minimum atomic E-state index is -4.49. The quantitative estimate of drug-likeness (QED) is 0.887. The van der Waals surface area contributed by atoms with Crippen LogP contribution in [0.2, 0.25) is 0 Å². The van der Waals surface area contributed by atoms with Crippen LogP contribution in [-0.4, -0.2) is 52.5 Å². The molecule has 3 fully saturated rings. The summed E-state index contributed by atoms with van der Waals surface area (Å²) in [5.41, 5.74) is -0.193. The van der Waals surface area contributed by atoms with Gasteiger partial charge in [0.25, 0.3) is 0 Å². The van der Waals surface area contributed by atoms with Gasteiger partial charge in [0.1, 0.15) is 17.8 Å². The van der Waals surface area contributed by atoms with Gasteiger partial charge in [0, 0.05) is 36.9 Å². The third-order valence-corrected chi connectivity index (χ3v) is 5.00. The van der Waals surface area contributed by atoms with Crippen LogP contribution < -0.4 is 10.2 Å². The van der Waals surface area contributed by atoms with Crippen LogP contribution in [0.4, 0.5) is 24.7 Å². The Balaban J connectivity index is 1.36. The Morgan fingerprint density at radius 1 is 1.15 bits per heavy atom. The summed E-state index contributed by atoms with van der Waals surface area (Å²) >= 11 is 0. The van der Waals surface area contributed by atoms with E-state index in [1.54, 1.807) is 0 Å². The van der Waals surface area contributed by atoms with Crippen molar-refractivity contribution in [3.05, 3.63) is 48.4 Å². The zero-order chi connectivity index (χ0) is 19.0. The Hall–Kier alpha value is -2.68. The molecule has 2 atom stereocenters. The number of aromatic nitrogens is 2. The van der Waals surface area contributed by atoms with Gasteiger partial charge in [0.15, 0.2) is 0 Å². The molecule has 3 aliphatic heterocycles. The molecule has 3 saturated heterocycles. The van der Waals surface area contributed by atoms with E-state index < -0.39 is 11.9 Å². The monoisotopic (exact) mass is 377 g/mol. The van der Waals surface area contributed by atoms with E-state index in [0.717, 1.165) is 24.5 Å². The van der Waals surface area contributed by atoms with Crippen LogP contribution in [0.1, 0.15) is 12.1 Å². The number of piperidine rings is 1. The lowest BCUT2D eigenvalue weighted by Crippen LogP contribution is -2.69. The molecule has 0 aliphatic carbocycles. The number of fused-ring (bicyclic) bond motifs is 2. The third-order valence-electron chi connectivity index (χ3n) is 5.00. The number of carbonyl (C=O) groups is 1. The first-order valence-electron chi connectivity index (χ1n) is 8.65. The van der Waals surface area contributed by atoms with Crippen LogP contribution in [0, 0.1) is 0 Å². The van der Waals surface area contributed by atoms with Crippen molar-refractivity contribution in [2.24, 2.45) is 0 Å². The summed E-state index contributed by atoms with van der Waals surface area (Å²) in [4.78, 5) is 23.5. The molecule has 9 heteroatoms. The molecule has 1 aromatic carbocycles. The second-order valence-electron chi connectivity index (χ2n) is 6.79. The van der Waals surface area contributed by atoms with Crippen molar-refractivity contribution in [2.45, 2.75) is 24.7 Å². The Kier molecular flexibility index (Phi) is 4.47. The van der Waals surface area contributed by atoms with Gasteiger partial charge >= 0.3 is 6.18 Å². The van der Waals surface area contributed by atoms with E-state index in [1.807, 2.05) is 35.2 Å². The van der Waals surface area contributed by atoms with Gasteiger partial charge in [0.2, 0.25) is 5.91 Å². The predicted molar refractivity (Wildman–Crippen MR) is 93.2 cm³/mol. The summed E-state index contributed by atoms with van der Waals surface area (Å²) in [5, 5.41) is 2.86. The van der Waals surface area contributed by atoms with E-state index >= 15 is 0 Å². The molecule has 1 aromatic heterocycles. The number of hydrogen-bond acceptors (Lipinski definition) is 5. The first kappa shape index (κ1) is 17.7. The second-order valence-corrected chi connectivity index (χ2v) is 6.79. The van der Waals surface area contributed by atoms with E-state index in [4.69, 9.17) is 0 Å². The molecule has 2 aromatic rings. The Labute approximate surface area is 154 Å². The largest absolute Gasteiger partial charge is 0.433 e. The fourth-order valence-corrected chi connectivity index (χ4v) is 3.70. The van der Waals surface area contributed by atoms with Gasteiger partial charge in [-0.2, -0.15) is 13.2 Å². The number of amides is 1. The number of nitrogens with zero attached hydrogens (tertiary/aromatic N) is 4. The molecular formula is C18H18F3N5O. The van der Waals surface area contributed by atoms with Crippen LogP contribution in [0.3, 0.4) is 0 Å². The molecule has 2 bridgehead atoms. The predicted octanol–water partition coefficient (Wildman–Crippen LogP) is 2.40. The Morgan fingerprint density at radius 2 is 1.85 bits per heavy atom. The van der Waals surface area contributed by atoms with Gasteiger partial charge in [-0.3, -0.25) is 9.69 Å². The van der Waals surface area contributed by atoms with Gasteiger partial charge in [-0.1, -0.05) is 18.2 Å². The number of para-hydroxylation sites is 1. The first-order valence-corrected chi connectivity index (χ1v) is 8.65. The molecule has 0 spiro atoms. The number of nitrogens with one attached hydrogen (secondary N) is 1. The van der Waals surface area contributed by atoms with Crippen molar-refractivity contribution in [1.29, 1.82) is 0 Å². The number of hydrogen-bond donors (Lipinski definition) is 1. The third kappa shape index (κ3) is 3.73.